The summed E-state index contributed by atoms with van der Waals surface area (Å²) >= 11 is 1.36. The zero-order chi connectivity index (χ0) is 24.7. The van der Waals surface area contributed by atoms with E-state index in [2.05, 4.69) is 0 Å². The highest BCUT2D eigenvalue weighted by molar-refractivity contribution is 7.18. The standard InChI is InChI=1S/C26H24FN3O4S/c1-3-34-26(33)28-12-11-20-21(15-28)35-24-22(20)23(31)30(19-9-7-18(27)8-10-19)25(32)29(24)14-17-6-4-5-16(2)13-17/h4-10,13H,3,11-12,14-15H2,1-2H3. The molecule has 4 aromatic rings. The molecule has 0 radical (unpaired) electrons. The summed E-state index contributed by atoms with van der Waals surface area (Å²) in [4.78, 5) is 42.8. The van der Waals surface area contributed by atoms with E-state index >= 15 is 0 Å². The molecule has 0 saturated carbocycles. The Labute approximate surface area is 204 Å². The number of benzene rings is 2. The smallest absolute Gasteiger partial charge is 0.410 e. The van der Waals surface area contributed by atoms with Gasteiger partial charge >= 0.3 is 11.8 Å². The van der Waals surface area contributed by atoms with Crippen LogP contribution in [0.4, 0.5) is 9.18 Å². The first-order valence-electron chi connectivity index (χ1n) is 11.4. The third-order valence-electron chi connectivity index (χ3n) is 6.16. The molecule has 7 nitrogen and oxygen atoms in total. The Balaban J connectivity index is 1.73. The van der Waals surface area contributed by atoms with Crippen LogP contribution in [0, 0.1) is 12.7 Å². The largest absolute Gasteiger partial charge is 0.450 e. The molecule has 180 valence electrons. The number of carbonyl (C=O) groups excluding carboxylic acids is 1. The Bertz CT molecular complexity index is 1550. The molecule has 1 amide bonds. The van der Waals surface area contributed by atoms with Crippen LogP contribution < -0.4 is 11.2 Å². The van der Waals surface area contributed by atoms with Crippen LogP contribution in [0.25, 0.3) is 15.9 Å². The van der Waals surface area contributed by atoms with Crippen LogP contribution in [0.3, 0.4) is 0 Å². The zero-order valence-electron chi connectivity index (χ0n) is 19.4. The molecule has 0 bridgehead atoms. The maximum Gasteiger partial charge on any atom is 0.410 e. The number of hydrogen-bond donors (Lipinski definition) is 0. The minimum absolute atomic E-state index is 0.277. The Morgan fingerprint density at radius 2 is 1.91 bits per heavy atom. The normalized spacial score (nSPS) is 13.2. The number of aryl methyl sites for hydroxylation is 1. The number of amides is 1. The van der Waals surface area contributed by atoms with Crippen molar-refractivity contribution in [2.45, 2.75) is 33.4 Å². The van der Waals surface area contributed by atoms with Crippen molar-refractivity contribution in [3.8, 4) is 5.69 Å². The minimum atomic E-state index is -0.489. The first-order valence-corrected chi connectivity index (χ1v) is 12.2. The molecule has 0 spiro atoms. The summed E-state index contributed by atoms with van der Waals surface area (Å²) in [7, 11) is 0. The van der Waals surface area contributed by atoms with Gasteiger partial charge in [-0.2, -0.15) is 0 Å². The molecule has 3 heterocycles. The summed E-state index contributed by atoms with van der Waals surface area (Å²) in [5, 5.41) is 0.477. The fraction of sp³-hybridized carbons (Fsp3) is 0.269. The van der Waals surface area contributed by atoms with Crippen molar-refractivity contribution in [2.75, 3.05) is 13.2 Å². The average Bonchev–Trinajstić information content (AvgIpc) is 3.22. The van der Waals surface area contributed by atoms with E-state index < -0.39 is 23.2 Å². The van der Waals surface area contributed by atoms with E-state index in [1.807, 2.05) is 31.2 Å². The van der Waals surface area contributed by atoms with E-state index in [9.17, 15) is 18.8 Å². The lowest BCUT2D eigenvalue weighted by atomic mass is 10.1. The van der Waals surface area contributed by atoms with Gasteiger partial charge in [0.2, 0.25) is 0 Å². The summed E-state index contributed by atoms with van der Waals surface area (Å²) in [5.74, 6) is -0.449. The number of ether oxygens (including phenoxy) is 1. The Kier molecular flexibility index (Phi) is 6.02. The molecule has 0 saturated heterocycles. The molecule has 35 heavy (non-hydrogen) atoms. The van der Waals surface area contributed by atoms with Crippen molar-refractivity contribution >= 4 is 27.6 Å². The van der Waals surface area contributed by atoms with E-state index in [4.69, 9.17) is 4.74 Å². The molecule has 0 aliphatic carbocycles. The van der Waals surface area contributed by atoms with Gasteiger partial charge in [-0.1, -0.05) is 29.8 Å². The lowest BCUT2D eigenvalue weighted by Crippen LogP contribution is -2.39. The van der Waals surface area contributed by atoms with Gasteiger partial charge in [0.1, 0.15) is 10.6 Å². The zero-order valence-corrected chi connectivity index (χ0v) is 20.2. The van der Waals surface area contributed by atoms with Crippen molar-refractivity contribution in [1.82, 2.24) is 14.0 Å². The average molecular weight is 494 g/mol. The van der Waals surface area contributed by atoms with Gasteiger partial charge in [0.25, 0.3) is 5.56 Å². The molecule has 2 aromatic carbocycles. The van der Waals surface area contributed by atoms with Gasteiger partial charge in [-0.05, 0) is 55.7 Å². The lowest BCUT2D eigenvalue weighted by molar-refractivity contribution is 0.103. The molecule has 1 aliphatic heterocycles. The van der Waals surface area contributed by atoms with Crippen LogP contribution in [0.15, 0.2) is 58.1 Å². The second-order valence-electron chi connectivity index (χ2n) is 8.53. The summed E-state index contributed by atoms with van der Waals surface area (Å²) in [6, 6.07) is 13.2. The lowest BCUT2D eigenvalue weighted by Gasteiger charge is -2.25. The van der Waals surface area contributed by atoms with Crippen molar-refractivity contribution < 1.29 is 13.9 Å². The topological polar surface area (TPSA) is 73.5 Å². The van der Waals surface area contributed by atoms with Crippen molar-refractivity contribution in [3.63, 3.8) is 0 Å². The van der Waals surface area contributed by atoms with Crippen LogP contribution >= 0.6 is 11.3 Å². The van der Waals surface area contributed by atoms with E-state index in [0.717, 1.165) is 26.1 Å². The second-order valence-corrected chi connectivity index (χ2v) is 9.61. The number of carbonyl (C=O) groups is 1. The molecule has 0 unspecified atom stereocenters. The fourth-order valence-electron chi connectivity index (χ4n) is 4.53. The SMILES string of the molecule is CCOC(=O)N1CCc2c(sc3c2c(=O)n(-c2ccc(F)cc2)c(=O)n3Cc2cccc(C)c2)C1. The number of hydrogen-bond acceptors (Lipinski definition) is 5. The van der Waals surface area contributed by atoms with E-state index in [-0.39, 0.29) is 13.2 Å². The van der Waals surface area contributed by atoms with E-state index in [1.165, 1.54) is 35.6 Å². The van der Waals surface area contributed by atoms with Crippen LogP contribution in [-0.2, 0) is 24.2 Å². The molecule has 0 fully saturated rings. The number of nitrogens with zero attached hydrogens (tertiary/aromatic N) is 3. The van der Waals surface area contributed by atoms with Crippen LogP contribution in [0.5, 0.6) is 0 Å². The monoisotopic (exact) mass is 493 g/mol. The molecule has 5 rings (SSSR count). The second kappa shape index (κ2) is 9.14. The predicted octanol–water partition coefficient (Wildman–Crippen LogP) is 4.22. The summed E-state index contributed by atoms with van der Waals surface area (Å²) in [6.07, 6.45) is 0.0895. The maximum absolute atomic E-state index is 13.7. The number of fused-ring (bicyclic) bond motifs is 3. The highest BCUT2D eigenvalue weighted by Crippen LogP contribution is 2.33. The number of halogens is 1. The van der Waals surface area contributed by atoms with Gasteiger partial charge in [0, 0.05) is 11.4 Å². The molecular weight excluding hydrogens is 469 g/mol. The molecular formula is C26H24FN3O4S. The molecule has 2 aromatic heterocycles. The quantitative estimate of drug-likeness (QED) is 0.427. The van der Waals surface area contributed by atoms with E-state index in [1.54, 1.807) is 16.4 Å². The van der Waals surface area contributed by atoms with Gasteiger partial charge in [0.05, 0.1) is 30.8 Å². The molecule has 0 N–H and O–H groups in total. The van der Waals surface area contributed by atoms with Gasteiger partial charge in [-0.25, -0.2) is 18.5 Å². The number of thiophene rings is 1. The first-order chi connectivity index (χ1) is 16.9. The predicted molar refractivity (Wildman–Crippen MR) is 133 cm³/mol. The van der Waals surface area contributed by atoms with Crippen molar-refractivity contribution in [1.29, 1.82) is 0 Å². The third kappa shape index (κ3) is 4.16. The maximum atomic E-state index is 13.7. The Morgan fingerprint density at radius 1 is 1.14 bits per heavy atom. The van der Waals surface area contributed by atoms with Crippen molar-refractivity contribution in [2.24, 2.45) is 0 Å². The first kappa shape index (κ1) is 23.0. The highest BCUT2D eigenvalue weighted by Gasteiger charge is 2.29. The highest BCUT2D eigenvalue weighted by atomic mass is 32.1. The number of aromatic nitrogens is 2. The summed E-state index contributed by atoms with van der Waals surface area (Å²) in [6.45, 7) is 5.04. The molecule has 9 heteroatoms. The molecule has 0 atom stereocenters. The van der Waals surface area contributed by atoms with Crippen LogP contribution in [-0.4, -0.2) is 33.3 Å². The summed E-state index contributed by atoms with van der Waals surface area (Å²) < 4.78 is 21.5. The molecule has 1 aliphatic rings. The summed E-state index contributed by atoms with van der Waals surface area (Å²) in [5.41, 5.74) is 2.23. The Hall–Kier alpha value is -3.72. The van der Waals surface area contributed by atoms with E-state index in [0.29, 0.717) is 35.4 Å². The van der Waals surface area contributed by atoms with Gasteiger partial charge in [-0.15, -0.1) is 11.3 Å². The van der Waals surface area contributed by atoms with Gasteiger partial charge < -0.3 is 9.64 Å². The van der Waals surface area contributed by atoms with Crippen LogP contribution in [0.1, 0.15) is 28.5 Å². The van der Waals surface area contributed by atoms with Crippen LogP contribution in [0.2, 0.25) is 0 Å². The number of rotatable bonds is 4. The van der Waals surface area contributed by atoms with Gasteiger partial charge in [0.15, 0.2) is 0 Å². The Morgan fingerprint density at radius 3 is 2.63 bits per heavy atom. The fourth-order valence-corrected chi connectivity index (χ4v) is 5.87. The van der Waals surface area contributed by atoms with Gasteiger partial charge in [-0.3, -0.25) is 9.36 Å². The minimum Gasteiger partial charge on any atom is -0.450 e. The van der Waals surface area contributed by atoms with Crippen molar-refractivity contribution in [3.05, 3.63) is 96.8 Å². The third-order valence-corrected chi connectivity index (χ3v) is 7.40.